The Kier molecular flexibility index (Phi) is 3.81. The summed E-state index contributed by atoms with van der Waals surface area (Å²) in [5.74, 6) is 0.144. The maximum absolute atomic E-state index is 12.3. The number of likely N-dealkylation sites (tertiary alicyclic amines) is 1. The summed E-state index contributed by atoms with van der Waals surface area (Å²) in [6, 6.07) is 5.17. The number of hydrogen-bond acceptors (Lipinski definition) is 4. The van der Waals surface area contributed by atoms with Crippen molar-refractivity contribution in [3.05, 3.63) is 42.4 Å². The van der Waals surface area contributed by atoms with Crippen LogP contribution in [0.3, 0.4) is 0 Å². The van der Waals surface area contributed by atoms with Gasteiger partial charge in [-0.2, -0.15) is 0 Å². The summed E-state index contributed by atoms with van der Waals surface area (Å²) in [5.41, 5.74) is 2.02. The van der Waals surface area contributed by atoms with Gasteiger partial charge in [0.05, 0.1) is 17.5 Å². The molecule has 5 nitrogen and oxygen atoms in total. The van der Waals surface area contributed by atoms with Gasteiger partial charge in [0, 0.05) is 31.0 Å². The van der Waals surface area contributed by atoms with Crippen molar-refractivity contribution in [2.24, 2.45) is 0 Å². The Hall–Kier alpha value is -2.43. The maximum Gasteiger partial charge on any atom is 0.255 e. The predicted molar refractivity (Wildman–Crippen MR) is 78.9 cm³/mol. The number of aromatic hydroxyl groups is 1. The highest BCUT2D eigenvalue weighted by atomic mass is 16.3. The van der Waals surface area contributed by atoms with Crippen molar-refractivity contribution in [3.8, 4) is 17.0 Å². The smallest absolute Gasteiger partial charge is 0.255 e. The van der Waals surface area contributed by atoms with Crippen molar-refractivity contribution < 1.29 is 9.90 Å². The molecule has 2 aromatic heterocycles. The number of carbonyl (C=O) groups is 1. The van der Waals surface area contributed by atoms with Gasteiger partial charge >= 0.3 is 0 Å². The molecule has 1 saturated heterocycles. The van der Waals surface area contributed by atoms with Crippen LogP contribution >= 0.6 is 0 Å². The third-order valence-corrected chi connectivity index (χ3v) is 3.67. The lowest BCUT2D eigenvalue weighted by Gasteiger charge is -2.26. The molecule has 0 spiro atoms. The van der Waals surface area contributed by atoms with Crippen LogP contribution in [0.25, 0.3) is 11.3 Å². The highest BCUT2D eigenvalue weighted by molar-refractivity contribution is 5.94. The number of carbonyl (C=O) groups excluding carboxylic acids is 1. The van der Waals surface area contributed by atoms with E-state index in [0.29, 0.717) is 11.3 Å². The number of aromatic nitrogens is 2. The predicted octanol–water partition coefficient (Wildman–Crippen LogP) is 2.48. The van der Waals surface area contributed by atoms with Crippen molar-refractivity contribution in [1.29, 1.82) is 0 Å². The van der Waals surface area contributed by atoms with Gasteiger partial charge in [-0.1, -0.05) is 0 Å². The van der Waals surface area contributed by atoms with E-state index in [1.807, 2.05) is 4.90 Å². The van der Waals surface area contributed by atoms with E-state index in [1.54, 1.807) is 30.6 Å². The van der Waals surface area contributed by atoms with Gasteiger partial charge in [0.25, 0.3) is 5.91 Å². The van der Waals surface area contributed by atoms with Crippen LogP contribution in [-0.2, 0) is 0 Å². The summed E-state index contributed by atoms with van der Waals surface area (Å²) < 4.78 is 0. The van der Waals surface area contributed by atoms with Crippen LogP contribution < -0.4 is 0 Å². The first-order valence-electron chi connectivity index (χ1n) is 7.14. The van der Waals surface area contributed by atoms with Gasteiger partial charge in [-0.3, -0.25) is 14.8 Å². The highest BCUT2D eigenvalue weighted by Gasteiger charge is 2.18. The molecule has 1 amide bonds. The van der Waals surface area contributed by atoms with E-state index >= 15 is 0 Å². The molecule has 0 unspecified atom stereocenters. The van der Waals surface area contributed by atoms with E-state index in [4.69, 9.17) is 0 Å². The minimum absolute atomic E-state index is 0.0442. The summed E-state index contributed by atoms with van der Waals surface area (Å²) in [5, 5.41) is 9.44. The van der Waals surface area contributed by atoms with Gasteiger partial charge in [-0.15, -0.1) is 0 Å². The average molecular weight is 283 g/mol. The number of rotatable bonds is 2. The van der Waals surface area contributed by atoms with Crippen molar-refractivity contribution in [2.75, 3.05) is 13.1 Å². The molecule has 0 bridgehead atoms. The number of piperidine rings is 1. The number of pyridine rings is 2. The van der Waals surface area contributed by atoms with Crippen LogP contribution in [-0.4, -0.2) is 39.0 Å². The molecule has 1 aliphatic rings. The molecule has 3 heterocycles. The molecule has 0 saturated carbocycles. The van der Waals surface area contributed by atoms with Crippen LogP contribution in [0.1, 0.15) is 29.6 Å². The first-order chi connectivity index (χ1) is 10.2. The maximum atomic E-state index is 12.3. The van der Waals surface area contributed by atoms with Gasteiger partial charge < -0.3 is 10.0 Å². The van der Waals surface area contributed by atoms with Gasteiger partial charge in [-0.25, -0.2) is 0 Å². The van der Waals surface area contributed by atoms with E-state index in [0.717, 1.165) is 31.5 Å². The first kappa shape index (κ1) is 13.5. The Morgan fingerprint density at radius 3 is 2.57 bits per heavy atom. The Morgan fingerprint density at radius 2 is 1.90 bits per heavy atom. The molecule has 21 heavy (non-hydrogen) atoms. The Labute approximate surface area is 123 Å². The van der Waals surface area contributed by atoms with Gasteiger partial charge in [-0.05, 0) is 37.5 Å². The zero-order valence-electron chi connectivity index (χ0n) is 11.7. The molecular formula is C16H17N3O2. The Balaban J connectivity index is 1.79. The Morgan fingerprint density at radius 1 is 1.10 bits per heavy atom. The fourth-order valence-corrected chi connectivity index (χ4v) is 2.54. The number of nitrogens with zero attached hydrogens (tertiary/aromatic N) is 3. The Bertz CT molecular complexity index is 634. The van der Waals surface area contributed by atoms with E-state index in [-0.39, 0.29) is 11.7 Å². The van der Waals surface area contributed by atoms with Crippen LogP contribution in [0.5, 0.6) is 5.75 Å². The standard InChI is InChI=1S/C16H17N3O2/c20-14-8-13(9-17-11-14)15-5-4-12(10-18-15)16(21)19-6-2-1-3-7-19/h4-5,8-11,20H,1-3,6-7H2. The fraction of sp³-hybridized carbons (Fsp3) is 0.312. The molecule has 1 aliphatic heterocycles. The van der Waals surface area contributed by atoms with Crippen molar-refractivity contribution in [2.45, 2.75) is 19.3 Å². The topological polar surface area (TPSA) is 66.3 Å². The normalized spacial score (nSPS) is 15.0. The van der Waals surface area contributed by atoms with Crippen molar-refractivity contribution >= 4 is 5.91 Å². The second-order valence-corrected chi connectivity index (χ2v) is 5.22. The molecule has 3 rings (SSSR count). The van der Waals surface area contributed by atoms with Crippen LogP contribution in [0.4, 0.5) is 0 Å². The summed E-state index contributed by atoms with van der Waals surface area (Å²) in [4.78, 5) is 22.5. The lowest BCUT2D eigenvalue weighted by Crippen LogP contribution is -2.35. The molecule has 5 heteroatoms. The molecule has 0 aliphatic carbocycles. The first-order valence-corrected chi connectivity index (χ1v) is 7.14. The highest BCUT2D eigenvalue weighted by Crippen LogP contribution is 2.20. The van der Waals surface area contributed by atoms with Crippen molar-refractivity contribution in [1.82, 2.24) is 14.9 Å². The van der Waals surface area contributed by atoms with E-state index in [9.17, 15) is 9.90 Å². The average Bonchev–Trinajstić information content (AvgIpc) is 2.55. The number of hydrogen-bond donors (Lipinski definition) is 1. The molecule has 0 atom stereocenters. The van der Waals surface area contributed by atoms with Crippen molar-refractivity contribution in [3.63, 3.8) is 0 Å². The molecule has 0 aromatic carbocycles. The molecular weight excluding hydrogens is 266 g/mol. The fourth-order valence-electron chi connectivity index (χ4n) is 2.54. The molecule has 108 valence electrons. The van der Waals surface area contributed by atoms with Crippen LogP contribution in [0.2, 0.25) is 0 Å². The lowest BCUT2D eigenvalue weighted by molar-refractivity contribution is 0.0724. The quantitative estimate of drug-likeness (QED) is 0.919. The van der Waals surface area contributed by atoms with Crippen LogP contribution in [0.15, 0.2) is 36.8 Å². The zero-order valence-corrected chi connectivity index (χ0v) is 11.7. The molecule has 1 fully saturated rings. The molecule has 2 aromatic rings. The minimum Gasteiger partial charge on any atom is -0.506 e. The monoisotopic (exact) mass is 283 g/mol. The third kappa shape index (κ3) is 3.02. The minimum atomic E-state index is 0.0442. The summed E-state index contributed by atoms with van der Waals surface area (Å²) in [6.07, 6.45) is 7.95. The second kappa shape index (κ2) is 5.91. The summed E-state index contributed by atoms with van der Waals surface area (Å²) >= 11 is 0. The summed E-state index contributed by atoms with van der Waals surface area (Å²) in [6.45, 7) is 1.66. The summed E-state index contributed by atoms with van der Waals surface area (Å²) in [7, 11) is 0. The molecule has 1 N–H and O–H groups in total. The van der Waals surface area contributed by atoms with Gasteiger partial charge in [0.2, 0.25) is 0 Å². The SMILES string of the molecule is O=C(c1ccc(-c2cncc(O)c2)nc1)N1CCCCC1. The van der Waals surface area contributed by atoms with Crippen LogP contribution in [0, 0.1) is 0 Å². The van der Waals surface area contributed by atoms with E-state index in [1.165, 1.54) is 12.6 Å². The second-order valence-electron chi connectivity index (χ2n) is 5.22. The molecule has 0 radical (unpaired) electrons. The van der Waals surface area contributed by atoms with E-state index in [2.05, 4.69) is 9.97 Å². The largest absolute Gasteiger partial charge is 0.506 e. The zero-order chi connectivity index (χ0) is 14.7. The van der Waals surface area contributed by atoms with Gasteiger partial charge in [0.15, 0.2) is 0 Å². The van der Waals surface area contributed by atoms with E-state index < -0.39 is 0 Å². The van der Waals surface area contributed by atoms with Gasteiger partial charge in [0.1, 0.15) is 5.75 Å². The lowest BCUT2D eigenvalue weighted by atomic mass is 10.1. The number of amides is 1. The third-order valence-electron chi connectivity index (χ3n) is 3.67.